The van der Waals surface area contributed by atoms with Gasteiger partial charge < -0.3 is 24.1 Å². The zero-order valence-electron chi connectivity index (χ0n) is 18.8. The molecule has 4 atom stereocenters. The molecule has 6 nitrogen and oxygen atoms in total. The molecular formula is C24H33O6P2+. The van der Waals surface area contributed by atoms with Gasteiger partial charge in [-0.3, -0.25) is 4.79 Å². The van der Waals surface area contributed by atoms with Crippen molar-refractivity contribution in [3.05, 3.63) is 47.5 Å². The van der Waals surface area contributed by atoms with Gasteiger partial charge in [0.1, 0.15) is 0 Å². The normalized spacial score (nSPS) is 18.2. The van der Waals surface area contributed by atoms with Crippen LogP contribution in [-0.4, -0.2) is 44.7 Å². The third-order valence-corrected chi connectivity index (χ3v) is 7.51. The van der Waals surface area contributed by atoms with E-state index in [0.29, 0.717) is 43.3 Å². The van der Waals surface area contributed by atoms with E-state index in [0.717, 1.165) is 32.2 Å². The van der Waals surface area contributed by atoms with Crippen LogP contribution in [0.15, 0.2) is 36.4 Å². The quantitative estimate of drug-likeness (QED) is 0.277. The summed E-state index contributed by atoms with van der Waals surface area (Å²) in [6.07, 6.45) is 4.58. The molecule has 2 aromatic carbocycles. The van der Waals surface area contributed by atoms with Gasteiger partial charge in [0.25, 0.3) is 0 Å². The van der Waals surface area contributed by atoms with Crippen LogP contribution in [0.25, 0.3) is 0 Å². The summed E-state index contributed by atoms with van der Waals surface area (Å²) in [7, 11) is 6.22. The van der Waals surface area contributed by atoms with E-state index in [2.05, 4.69) is 0 Å². The molecule has 0 radical (unpaired) electrons. The van der Waals surface area contributed by atoms with Gasteiger partial charge in [-0.05, 0) is 76.2 Å². The van der Waals surface area contributed by atoms with E-state index in [1.165, 1.54) is 6.16 Å². The van der Waals surface area contributed by atoms with Crippen molar-refractivity contribution in [3.8, 4) is 23.0 Å². The number of benzene rings is 2. The van der Waals surface area contributed by atoms with Gasteiger partial charge in [-0.1, -0.05) is 12.1 Å². The molecule has 0 amide bonds. The number of methoxy groups -OCH3 is 2. The molecule has 0 aliphatic carbocycles. The fourth-order valence-electron chi connectivity index (χ4n) is 3.96. The summed E-state index contributed by atoms with van der Waals surface area (Å²) in [5, 5.41) is 10.2. The number of cyclic esters (lactones) is 1. The maximum absolute atomic E-state index is 12.5. The van der Waals surface area contributed by atoms with E-state index in [-0.39, 0.29) is 23.6 Å². The highest BCUT2D eigenvalue weighted by Crippen LogP contribution is 2.34. The fraction of sp³-hybridized carbons (Fsp3) is 0.458. The SMILES string of the molecule is COc1ccc(C[C@H]2COC(=O)[C@@H]2Cc2ccc(O)c(OCCCCP[PH3+])c2)cc1OC. The number of phenols is 1. The molecule has 0 aromatic heterocycles. The van der Waals surface area contributed by atoms with Crippen LogP contribution in [0.1, 0.15) is 24.0 Å². The number of unbranched alkanes of at least 4 members (excludes halogenated alkanes) is 1. The average Bonchev–Trinajstić information content (AvgIpc) is 3.14. The second kappa shape index (κ2) is 12.3. The topological polar surface area (TPSA) is 74.2 Å². The lowest BCUT2D eigenvalue weighted by Crippen LogP contribution is -2.20. The Balaban J connectivity index is 1.66. The lowest BCUT2D eigenvalue weighted by molar-refractivity contribution is -0.141. The molecule has 0 bridgehead atoms. The van der Waals surface area contributed by atoms with E-state index in [9.17, 15) is 9.90 Å². The number of carbonyl (C=O) groups is 1. The average molecular weight is 479 g/mol. The molecule has 174 valence electrons. The highest BCUT2D eigenvalue weighted by molar-refractivity contribution is 8.02. The number of hydrogen-bond donors (Lipinski definition) is 1. The first kappa shape index (κ1) is 24.6. The molecule has 1 N–H and O–H groups in total. The molecule has 1 fully saturated rings. The Bertz CT molecular complexity index is 904. The Morgan fingerprint density at radius 1 is 1.03 bits per heavy atom. The summed E-state index contributed by atoms with van der Waals surface area (Å²) in [6, 6.07) is 11.2. The van der Waals surface area contributed by atoms with Crippen molar-refractivity contribution in [3.63, 3.8) is 0 Å². The number of carbonyl (C=O) groups excluding carboxylic acids is 1. The first-order chi connectivity index (χ1) is 15.5. The second-order valence-electron chi connectivity index (χ2n) is 7.95. The van der Waals surface area contributed by atoms with Crippen molar-refractivity contribution in [2.24, 2.45) is 11.8 Å². The Labute approximate surface area is 193 Å². The molecule has 0 saturated carbocycles. The van der Waals surface area contributed by atoms with E-state index < -0.39 is 0 Å². The van der Waals surface area contributed by atoms with E-state index in [1.807, 2.05) is 39.3 Å². The Morgan fingerprint density at radius 3 is 2.50 bits per heavy atom. The third-order valence-electron chi connectivity index (χ3n) is 5.74. The van der Waals surface area contributed by atoms with E-state index in [1.54, 1.807) is 20.3 Å². The zero-order valence-corrected chi connectivity index (χ0v) is 21.2. The predicted octanol–water partition coefficient (Wildman–Crippen LogP) is 4.34. The summed E-state index contributed by atoms with van der Waals surface area (Å²) in [6.45, 7) is 0.982. The van der Waals surface area contributed by atoms with Gasteiger partial charge in [-0.2, -0.15) is 0 Å². The van der Waals surface area contributed by atoms with Crippen molar-refractivity contribution >= 4 is 23.2 Å². The standard InChI is InChI=1S/C24H32O6P2/c1-27-21-8-6-16(14-23(21)28-2)11-18-15-30-24(26)19(18)12-17-5-7-20(25)22(13-17)29-9-3-4-10-32-31/h5-8,13-14,18-19,25,32H,3-4,9-12,15,31H2,1-2H3/p+1/t18-,19+/m0/s1. The summed E-state index contributed by atoms with van der Waals surface area (Å²) in [5.74, 6) is 1.61. The van der Waals surface area contributed by atoms with Crippen LogP contribution in [0.2, 0.25) is 0 Å². The third kappa shape index (κ3) is 6.49. The van der Waals surface area contributed by atoms with Crippen molar-refractivity contribution < 1.29 is 28.8 Å². The molecular weight excluding hydrogens is 446 g/mol. The van der Waals surface area contributed by atoms with Gasteiger partial charge >= 0.3 is 5.97 Å². The highest BCUT2D eigenvalue weighted by Gasteiger charge is 2.37. The first-order valence-corrected chi connectivity index (χ1v) is 14.4. The summed E-state index contributed by atoms with van der Waals surface area (Å²) < 4.78 is 21.9. The van der Waals surface area contributed by atoms with Crippen LogP contribution in [0, 0.1) is 11.8 Å². The maximum Gasteiger partial charge on any atom is 0.309 e. The van der Waals surface area contributed by atoms with Gasteiger partial charge in [-0.25, -0.2) is 0 Å². The second-order valence-corrected chi connectivity index (χ2v) is 10.5. The molecule has 1 aliphatic rings. The van der Waals surface area contributed by atoms with Gasteiger partial charge in [0.15, 0.2) is 23.0 Å². The van der Waals surface area contributed by atoms with Crippen molar-refractivity contribution in [2.75, 3.05) is 33.6 Å². The number of phenolic OH excluding ortho intramolecular Hbond substituents is 1. The highest BCUT2D eigenvalue weighted by atomic mass is 32.0. The van der Waals surface area contributed by atoms with Crippen LogP contribution < -0.4 is 14.2 Å². The lowest BCUT2D eigenvalue weighted by atomic mass is 9.85. The summed E-state index contributed by atoms with van der Waals surface area (Å²) >= 11 is 0. The van der Waals surface area contributed by atoms with E-state index >= 15 is 0 Å². The van der Waals surface area contributed by atoms with Crippen LogP contribution in [-0.2, 0) is 22.4 Å². The smallest absolute Gasteiger partial charge is 0.309 e. The summed E-state index contributed by atoms with van der Waals surface area (Å²) in [4.78, 5) is 12.5. The van der Waals surface area contributed by atoms with Crippen LogP contribution in [0.4, 0.5) is 0 Å². The van der Waals surface area contributed by atoms with Gasteiger partial charge in [0.2, 0.25) is 0 Å². The molecule has 2 aromatic rings. The van der Waals surface area contributed by atoms with E-state index in [4.69, 9.17) is 18.9 Å². The monoisotopic (exact) mass is 479 g/mol. The van der Waals surface area contributed by atoms with Crippen molar-refractivity contribution in [1.29, 1.82) is 0 Å². The number of esters is 1. The fourth-order valence-corrected chi connectivity index (χ4v) is 5.21. The van der Waals surface area contributed by atoms with Crippen molar-refractivity contribution in [1.82, 2.24) is 0 Å². The maximum atomic E-state index is 12.5. The first-order valence-electron chi connectivity index (χ1n) is 10.9. The Kier molecular flexibility index (Phi) is 9.44. The number of hydrogen-bond acceptors (Lipinski definition) is 6. The summed E-state index contributed by atoms with van der Waals surface area (Å²) in [5.41, 5.74) is 2.02. The molecule has 3 rings (SSSR count). The Morgan fingerprint density at radius 2 is 1.75 bits per heavy atom. The lowest BCUT2D eigenvalue weighted by Gasteiger charge is -2.17. The van der Waals surface area contributed by atoms with Gasteiger partial charge in [0.05, 0.1) is 33.4 Å². The number of aromatic hydroxyl groups is 1. The molecule has 2 unspecified atom stereocenters. The van der Waals surface area contributed by atoms with Crippen LogP contribution in [0.5, 0.6) is 23.0 Å². The minimum atomic E-state index is -0.244. The van der Waals surface area contributed by atoms with Gasteiger partial charge in [0, 0.05) is 14.2 Å². The molecule has 1 heterocycles. The number of ether oxygens (including phenoxy) is 4. The minimum Gasteiger partial charge on any atom is -0.504 e. The molecule has 32 heavy (non-hydrogen) atoms. The number of rotatable bonds is 12. The molecule has 1 saturated heterocycles. The molecule has 0 spiro atoms. The molecule has 1 aliphatic heterocycles. The zero-order chi connectivity index (χ0) is 22.9. The van der Waals surface area contributed by atoms with Gasteiger partial charge in [-0.15, -0.1) is 0 Å². The van der Waals surface area contributed by atoms with Crippen LogP contribution in [0.3, 0.4) is 0 Å². The van der Waals surface area contributed by atoms with Crippen LogP contribution >= 0.6 is 17.2 Å². The van der Waals surface area contributed by atoms with Crippen molar-refractivity contribution in [2.45, 2.75) is 25.7 Å². The Hall–Kier alpha value is -2.03. The largest absolute Gasteiger partial charge is 0.504 e. The predicted molar refractivity (Wildman–Crippen MR) is 132 cm³/mol. The minimum absolute atomic E-state index is 0.0642. The molecule has 8 heteroatoms.